The van der Waals surface area contributed by atoms with Crippen LogP contribution in [-0.2, 0) is 20.7 Å². The van der Waals surface area contributed by atoms with Crippen molar-refractivity contribution < 1.29 is 18.7 Å². The smallest absolute Gasteiger partial charge is 0.338 e. The number of hydrogen-bond acceptors (Lipinski definition) is 7. The Morgan fingerprint density at radius 2 is 1.87 bits per heavy atom. The van der Waals surface area contributed by atoms with Crippen LogP contribution in [0.25, 0.3) is 0 Å². The van der Waals surface area contributed by atoms with Gasteiger partial charge in [-0.25, -0.2) is 4.79 Å². The van der Waals surface area contributed by atoms with Gasteiger partial charge in [0.1, 0.15) is 6.04 Å². The standard InChI is InChI=1S/C29H31Cl2N3O4/c1-34(2)14-17-36-19-24-26(29(35)38-16-6-10-20-8-4-3-5-9-20)27(21-12-13-22(30)23(31)18-21)33-28(32-24)25-11-7-15-37-25/h3-5,7-9,11-13,15,18,27H,6,10,14,16-17,19H2,1-2H3,(H,32,33). The molecule has 0 saturated carbocycles. The largest absolute Gasteiger partial charge is 0.462 e. The van der Waals surface area contributed by atoms with Crippen molar-refractivity contribution >= 4 is 35.0 Å². The van der Waals surface area contributed by atoms with Crippen LogP contribution in [0, 0.1) is 0 Å². The monoisotopic (exact) mass is 555 g/mol. The lowest BCUT2D eigenvalue weighted by molar-refractivity contribution is -0.139. The second-order valence-electron chi connectivity index (χ2n) is 9.13. The van der Waals surface area contributed by atoms with Gasteiger partial charge in [-0.1, -0.05) is 59.6 Å². The number of hydrogen-bond donors (Lipinski definition) is 1. The Labute approximate surface area is 233 Å². The third kappa shape index (κ3) is 7.48. The third-order valence-electron chi connectivity index (χ3n) is 5.97. The second-order valence-corrected chi connectivity index (χ2v) is 9.94. The molecule has 200 valence electrons. The summed E-state index contributed by atoms with van der Waals surface area (Å²) in [5.74, 6) is 0.559. The average molecular weight is 556 g/mol. The van der Waals surface area contributed by atoms with Crippen LogP contribution < -0.4 is 5.32 Å². The fraction of sp³-hybridized carbons (Fsp3) is 0.310. The Morgan fingerprint density at radius 3 is 2.58 bits per heavy atom. The Morgan fingerprint density at radius 1 is 1.05 bits per heavy atom. The van der Waals surface area contributed by atoms with E-state index < -0.39 is 12.0 Å². The molecule has 0 saturated heterocycles. The minimum Gasteiger partial charge on any atom is -0.462 e. The highest BCUT2D eigenvalue weighted by atomic mass is 35.5. The number of carbonyl (C=O) groups is 1. The lowest BCUT2D eigenvalue weighted by Crippen LogP contribution is -2.36. The summed E-state index contributed by atoms with van der Waals surface area (Å²) in [5.41, 5.74) is 2.82. The van der Waals surface area contributed by atoms with E-state index in [2.05, 4.69) is 17.4 Å². The van der Waals surface area contributed by atoms with Crippen molar-refractivity contribution in [2.24, 2.45) is 4.99 Å². The van der Waals surface area contributed by atoms with Gasteiger partial charge in [-0.05, 0) is 62.3 Å². The number of benzene rings is 2. The van der Waals surface area contributed by atoms with Crippen molar-refractivity contribution in [3.05, 3.63) is 105 Å². The highest BCUT2D eigenvalue weighted by molar-refractivity contribution is 6.42. The first-order valence-corrected chi connectivity index (χ1v) is 13.2. The quantitative estimate of drug-likeness (QED) is 0.228. The van der Waals surface area contributed by atoms with Crippen LogP contribution in [0.2, 0.25) is 10.0 Å². The van der Waals surface area contributed by atoms with E-state index in [9.17, 15) is 4.79 Å². The van der Waals surface area contributed by atoms with Crippen LogP contribution in [0.3, 0.4) is 0 Å². The van der Waals surface area contributed by atoms with Gasteiger partial charge in [0.2, 0.25) is 0 Å². The van der Waals surface area contributed by atoms with Crippen LogP contribution in [0.4, 0.5) is 0 Å². The first kappa shape index (κ1) is 27.9. The molecule has 3 aromatic rings. The van der Waals surface area contributed by atoms with Crippen LogP contribution in [0.5, 0.6) is 0 Å². The molecule has 9 heteroatoms. The van der Waals surface area contributed by atoms with E-state index in [0.29, 0.717) is 51.5 Å². The summed E-state index contributed by atoms with van der Waals surface area (Å²) in [7, 11) is 3.95. The predicted molar refractivity (Wildman–Crippen MR) is 150 cm³/mol. The number of ether oxygens (including phenoxy) is 2. The number of esters is 1. The van der Waals surface area contributed by atoms with Gasteiger partial charge in [-0.15, -0.1) is 0 Å². The van der Waals surface area contributed by atoms with Gasteiger partial charge in [0.15, 0.2) is 11.6 Å². The third-order valence-corrected chi connectivity index (χ3v) is 6.71. The molecule has 2 heterocycles. The summed E-state index contributed by atoms with van der Waals surface area (Å²) >= 11 is 12.5. The van der Waals surface area contributed by atoms with E-state index in [1.165, 1.54) is 5.56 Å². The molecular formula is C29H31Cl2N3O4. The van der Waals surface area contributed by atoms with Gasteiger partial charge in [0, 0.05) is 6.54 Å². The number of rotatable bonds is 12. The predicted octanol–water partition coefficient (Wildman–Crippen LogP) is 5.69. The Bertz CT molecular complexity index is 1270. The van der Waals surface area contributed by atoms with Gasteiger partial charge < -0.3 is 24.1 Å². The zero-order valence-corrected chi connectivity index (χ0v) is 23.0. The highest BCUT2D eigenvalue weighted by Gasteiger charge is 2.33. The van der Waals surface area contributed by atoms with E-state index >= 15 is 0 Å². The van der Waals surface area contributed by atoms with Crippen molar-refractivity contribution in [3.63, 3.8) is 0 Å². The number of nitrogens with one attached hydrogen (secondary N) is 1. The molecule has 1 unspecified atom stereocenters. The molecule has 0 amide bonds. The number of likely N-dealkylation sites (N-methyl/N-ethyl adjacent to an activating group) is 1. The summed E-state index contributed by atoms with van der Waals surface area (Å²) < 4.78 is 17.3. The molecule has 1 aliphatic rings. The van der Waals surface area contributed by atoms with Crippen LogP contribution >= 0.6 is 23.2 Å². The minimum absolute atomic E-state index is 0.167. The van der Waals surface area contributed by atoms with Gasteiger partial charge in [0.25, 0.3) is 0 Å². The van der Waals surface area contributed by atoms with Crippen molar-refractivity contribution in [3.8, 4) is 0 Å². The summed E-state index contributed by atoms with van der Waals surface area (Å²) in [6.07, 6.45) is 3.08. The van der Waals surface area contributed by atoms with Gasteiger partial charge in [-0.3, -0.25) is 4.99 Å². The maximum atomic E-state index is 13.6. The van der Waals surface area contributed by atoms with Crippen molar-refractivity contribution in [2.75, 3.05) is 40.5 Å². The van der Waals surface area contributed by atoms with E-state index in [1.807, 2.05) is 37.2 Å². The van der Waals surface area contributed by atoms with E-state index in [1.54, 1.807) is 36.6 Å². The molecule has 1 N–H and O–H groups in total. The van der Waals surface area contributed by atoms with Crippen molar-refractivity contribution in [2.45, 2.75) is 18.9 Å². The van der Waals surface area contributed by atoms with Crippen molar-refractivity contribution in [1.82, 2.24) is 10.2 Å². The minimum atomic E-state index is -0.694. The molecule has 0 bridgehead atoms. The number of furan rings is 1. The maximum absolute atomic E-state index is 13.6. The second kappa shape index (κ2) is 13.6. The van der Waals surface area contributed by atoms with Crippen LogP contribution in [-0.4, -0.2) is 57.2 Å². The number of halogens is 2. The Balaban J connectivity index is 1.61. The van der Waals surface area contributed by atoms with E-state index in [4.69, 9.17) is 42.1 Å². The number of amidine groups is 1. The zero-order valence-electron chi connectivity index (χ0n) is 21.5. The number of nitrogens with zero attached hydrogens (tertiary/aromatic N) is 2. The Hall–Kier alpha value is -3.10. The van der Waals surface area contributed by atoms with Crippen LogP contribution in [0.15, 0.2) is 87.6 Å². The average Bonchev–Trinajstić information content (AvgIpc) is 3.46. The lowest BCUT2D eigenvalue weighted by atomic mass is 9.95. The highest BCUT2D eigenvalue weighted by Crippen LogP contribution is 2.35. The van der Waals surface area contributed by atoms with E-state index in [0.717, 1.165) is 13.0 Å². The van der Waals surface area contributed by atoms with Crippen molar-refractivity contribution in [1.29, 1.82) is 0 Å². The van der Waals surface area contributed by atoms with Gasteiger partial charge in [-0.2, -0.15) is 0 Å². The van der Waals surface area contributed by atoms with E-state index in [-0.39, 0.29) is 13.2 Å². The molecule has 4 rings (SSSR count). The molecule has 38 heavy (non-hydrogen) atoms. The van der Waals surface area contributed by atoms with Gasteiger partial charge in [0.05, 0.1) is 47.4 Å². The lowest BCUT2D eigenvalue weighted by Gasteiger charge is -2.27. The molecule has 0 spiro atoms. The summed E-state index contributed by atoms with van der Waals surface area (Å²) in [6, 6.07) is 18.2. The zero-order chi connectivity index (χ0) is 26.9. The molecule has 0 radical (unpaired) electrons. The fourth-order valence-electron chi connectivity index (χ4n) is 4.00. The molecule has 0 aliphatic carbocycles. The fourth-order valence-corrected chi connectivity index (χ4v) is 4.30. The number of aliphatic imine (C=N–C) groups is 1. The molecule has 1 aliphatic heterocycles. The molecule has 2 aromatic carbocycles. The van der Waals surface area contributed by atoms with Crippen LogP contribution in [0.1, 0.15) is 29.3 Å². The Kier molecular flexibility index (Phi) is 10.0. The molecule has 0 fully saturated rings. The summed E-state index contributed by atoms with van der Waals surface area (Å²) in [4.78, 5) is 20.4. The number of aryl methyl sites for hydroxylation is 1. The first-order chi connectivity index (χ1) is 18.4. The summed E-state index contributed by atoms with van der Waals surface area (Å²) in [5, 5.41) is 4.04. The number of carbonyl (C=O) groups excluding carboxylic acids is 1. The molecule has 7 nitrogen and oxygen atoms in total. The molecule has 1 aromatic heterocycles. The SMILES string of the molecule is CN(C)CCOCC1=C(C(=O)OCCCc2ccccc2)C(c2ccc(Cl)c(Cl)c2)N=C(c2ccco2)N1. The first-order valence-electron chi connectivity index (χ1n) is 12.4. The molecular weight excluding hydrogens is 525 g/mol. The maximum Gasteiger partial charge on any atom is 0.338 e. The normalized spacial score (nSPS) is 15.4. The topological polar surface area (TPSA) is 76.3 Å². The van der Waals surface area contributed by atoms with Gasteiger partial charge >= 0.3 is 5.97 Å². The summed E-state index contributed by atoms with van der Waals surface area (Å²) in [6.45, 7) is 1.67. The molecule has 1 atom stereocenters.